The number of phosphoric acid groups is 1. The molecule has 1 atom stereocenters. The highest BCUT2D eigenvalue weighted by Crippen LogP contribution is 2.52. The number of fused-ring (bicyclic) bond motifs is 1. The van der Waals surface area contributed by atoms with Gasteiger partial charge in [0.2, 0.25) is 0 Å². The largest absolute Gasteiger partial charge is 0.475 e. The van der Waals surface area contributed by atoms with Gasteiger partial charge in [0.1, 0.15) is 0 Å². The van der Waals surface area contributed by atoms with Gasteiger partial charge in [0.05, 0.1) is 32.5 Å². The van der Waals surface area contributed by atoms with Crippen LogP contribution in [0.25, 0.3) is 0 Å². The number of hydrogen-bond donors (Lipinski definition) is 0. The van der Waals surface area contributed by atoms with Gasteiger partial charge in [-0.2, -0.15) is 0 Å². The molecule has 0 aliphatic carbocycles. The van der Waals surface area contributed by atoms with Crippen molar-refractivity contribution in [3.63, 3.8) is 0 Å². The minimum Gasteiger partial charge on any atom is -0.348 e. The molecule has 0 amide bonds. The maximum atomic E-state index is 12.5. The van der Waals surface area contributed by atoms with Crippen molar-refractivity contribution >= 4 is 7.82 Å². The second-order valence-electron chi connectivity index (χ2n) is 5.84. The highest BCUT2D eigenvalue weighted by molar-refractivity contribution is 7.48. The second kappa shape index (κ2) is 6.40. The van der Waals surface area contributed by atoms with Crippen LogP contribution in [0.2, 0.25) is 0 Å². The van der Waals surface area contributed by atoms with Crippen LogP contribution in [0, 0.1) is 0 Å². The number of rotatable bonds is 4. The highest BCUT2D eigenvalue weighted by atomic mass is 31.2. The molecule has 1 fully saturated rings. The van der Waals surface area contributed by atoms with E-state index in [-0.39, 0.29) is 25.9 Å². The van der Waals surface area contributed by atoms with Crippen LogP contribution in [-0.2, 0) is 40.8 Å². The molecule has 122 valence electrons. The van der Waals surface area contributed by atoms with E-state index in [0.29, 0.717) is 13.0 Å². The van der Waals surface area contributed by atoms with Gasteiger partial charge < -0.3 is 9.47 Å². The van der Waals surface area contributed by atoms with E-state index in [2.05, 4.69) is 0 Å². The summed E-state index contributed by atoms with van der Waals surface area (Å²) in [6.07, 6.45) is 0.512. The Morgan fingerprint density at radius 3 is 2.41 bits per heavy atom. The summed E-state index contributed by atoms with van der Waals surface area (Å²) in [6.45, 7) is 4.92. The lowest BCUT2D eigenvalue weighted by molar-refractivity contribution is -0.139. The molecule has 1 saturated heterocycles. The van der Waals surface area contributed by atoms with Gasteiger partial charge in [-0.25, -0.2) is 4.57 Å². The van der Waals surface area contributed by atoms with Crippen LogP contribution in [0.1, 0.15) is 31.4 Å². The molecule has 0 spiro atoms. The quantitative estimate of drug-likeness (QED) is 0.790. The average molecular weight is 328 g/mol. The molecule has 3 rings (SSSR count). The van der Waals surface area contributed by atoms with E-state index < -0.39 is 13.6 Å². The molecular weight excluding hydrogens is 307 g/mol. The zero-order valence-corrected chi connectivity index (χ0v) is 13.7. The third-order valence-electron chi connectivity index (χ3n) is 3.63. The molecule has 0 bridgehead atoms. The van der Waals surface area contributed by atoms with Crippen LogP contribution >= 0.6 is 7.82 Å². The zero-order valence-electron chi connectivity index (χ0n) is 12.8. The lowest BCUT2D eigenvalue weighted by atomic mass is 10.1. The van der Waals surface area contributed by atoms with Gasteiger partial charge in [-0.15, -0.1) is 0 Å². The van der Waals surface area contributed by atoms with E-state index in [1.54, 1.807) is 0 Å². The number of ether oxygens (including phenoxy) is 2. The molecule has 2 aliphatic rings. The summed E-state index contributed by atoms with van der Waals surface area (Å²) in [4.78, 5) is 0. The minimum absolute atomic E-state index is 0.0641. The van der Waals surface area contributed by atoms with E-state index in [9.17, 15) is 4.57 Å². The molecule has 22 heavy (non-hydrogen) atoms. The fourth-order valence-corrected chi connectivity index (χ4v) is 3.60. The Labute approximate surface area is 130 Å². The van der Waals surface area contributed by atoms with Crippen molar-refractivity contribution in [1.82, 2.24) is 0 Å². The van der Waals surface area contributed by atoms with Crippen molar-refractivity contribution < 1.29 is 27.6 Å². The second-order valence-corrected chi connectivity index (χ2v) is 7.50. The van der Waals surface area contributed by atoms with Gasteiger partial charge >= 0.3 is 7.82 Å². The summed E-state index contributed by atoms with van der Waals surface area (Å²) in [7, 11) is -3.52. The Kier molecular flexibility index (Phi) is 4.69. The predicted octanol–water partition coefficient (Wildman–Crippen LogP) is 3.40. The first-order valence-electron chi connectivity index (χ1n) is 7.38. The first-order valence-corrected chi connectivity index (χ1v) is 8.84. The van der Waals surface area contributed by atoms with Crippen LogP contribution in [0.3, 0.4) is 0 Å². The maximum absolute atomic E-state index is 12.5. The Balaban J connectivity index is 1.50. The summed E-state index contributed by atoms with van der Waals surface area (Å²) >= 11 is 0. The molecule has 0 N–H and O–H groups in total. The van der Waals surface area contributed by atoms with Crippen LogP contribution in [0.4, 0.5) is 0 Å². The summed E-state index contributed by atoms with van der Waals surface area (Å²) in [6, 6.07) is 7.69. The molecule has 0 radical (unpaired) electrons. The van der Waals surface area contributed by atoms with Crippen molar-refractivity contribution in [2.75, 3.05) is 13.2 Å². The predicted molar refractivity (Wildman–Crippen MR) is 79.1 cm³/mol. The molecule has 0 unspecified atom stereocenters. The third kappa shape index (κ3) is 3.96. The van der Waals surface area contributed by atoms with Crippen molar-refractivity contribution in [2.45, 2.75) is 45.4 Å². The van der Waals surface area contributed by atoms with Gasteiger partial charge in [-0.3, -0.25) is 13.6 Å². The van der Waals surface area contributed by atoms with Crippen LogP contribution in [0.15, 0.2) is 24.3 Å². The lowest BCUT2D eigenvalue weighted by Gasteiger charge is -2.18. The molecular formula is C15H21O6P. The number of phosphoric ester groups is 1. The molecule has 0 saturated carbocycles. The van der Waals surface area contributed by atoms with Crippen molar-refractivity contribution in [3.8, 4) is 0 Å². The number of hydrogen-bond acceptors (Lipinski definition) is 6. The SMILES string of the molecule is CC1(C)OC[C@H](CCOP2(=O)OCc3ccccc3CO2)O1. The van der Waals surface area contributed by atoms with E-state index in [1.807, 2.05) is 38.1 Å². The topological polar surface area (TPSA) is 63.2 Å². The molecule has 1 aromatic carbocycles. The first kappa shape index (κ1) is 16.1. The van der Waals surface area contributed by atoms with Gasteiger partial charge in [0.25, 0.3) is 0 Å². The first-order chi connectivity index (χ1) is 10.5. The minimum atomic E-state index is -3.52. The Bertz CT molecular complexity index is 542. The van der Waals surface area contributed by atoms with Crippen LogP contribution in [-0.4, -0.2) is 25.1 Å². The van der Waals surface area contributed by atoms with E-state index in [4.69, 9.17) is 23.0 Å². The Morgan fingerprint density at radius 2 is 1.86 bits per heavy atom. The van der Waals surface area contributed by atoms with E-state index in [0.717, 1.165) is 11.1 Å². The molecule has 1 aromatic rings. The third-order valence-corrected chi connectivity index (χ3v) is 5.02. The van der Waals surface area contributed by atoms with E-state index >= 15 is 0 Å². The smallest absolute Gasteiger partial charge is 0.348 e. The summed E-state index contributed by atoms with van der Waals surface area (Å²) in [5.41, 5.74) is 1.94. The number of benzene rings is 1. The Hall–Kier alpha value is -0.750. The standard InChI is InChI=1S/C15H21O6P/c1-15(2)17-11-14(21-15)7-8-18-22(16)19-9-12-5-3-4-6-13(12)10-20-22/h3-6,14H,7-11H2,1-2H3/t14-/m0/s1. The van der Waals surface area contributed by atoms with Gasteiger partial charge in [-0.1, -0.05) is 24.3 Å². The summed E-state index contributed by atoms with van der Waals surface area (Å²) in [5, 5.41) is 0. The van der Waals surface area contributed by atoms with Gasteiger partial charge in [-0.05, 0) is 31.4 Å². The zero-order chi connectivity index (χ0) is 15.6. The maximum Gasteiger partial charge on any atom is 0.475 e. The van der Waals surface area contributed by atoms with Crippen LogP contribution in [0.5, 0.6) is 0 Å². The van der Waals surface area contributed by atoms with Crippen LogP contribution < -0.4 is 0 Å². The van der Waals surface area contributed by atoms with Crippen molar-refractivity contribution in [2.24, 2.45) is 0 Å². The molecule has 2 aliphatic heterocycles. The Morgan fingerprint density at radius 1 is 1.23 bits per heavy atom. The van der Waals surface area contributed by atoms with Gasteiger partial charge in [0.15, 0.2) is 5.79 Å². The average Bonchev–Trinajstić information content (AvgIpc) is 2.73. The molecule has 0 aromatic heterocycles. The summed E-state index contributed by atoms with van der Waals surface area (Å²) in [5.74, 6) is -0.564. The fourth-order valence-electron chi connectivity index (χ4n) is 2.45. The highest BCUT2D eigenvalue weighted by Gasteiger charge is 2.34. The fraction of sp³-hybridized carbons (Fsp3) is 0.600. The molecule has 7 heteroatoms. The van der Waals surface area contributed by atoms with E-state index in [1.165, 1.54) is 0 Å². The van der Waals surface area contributed by atoms with Crippen molar-refractivity contribution in [1.29, 1.82) is 0 Å². The monoisotopic (exact) mass is 328 g/mol. The summed E-state index contributed by atoms with van der Waals surface area (Å²) < 4.78 is 39.7. The normalized spacial score (nSPS) is 26.4. The molecule has 2 heterocycles. The van der Waals surface area contributed by atoms with Crippen molar-refractivity contribution in [3.05, 3.63) is 35.4 Å². The molecule has 6 nitrogen and oxygen atoms in total. The lowest BCUT2D eigenvalue weighted by Crippen LogP contribution is -2.22. The van der Waals surface area contributed by atoms with Gasteiger partial charge in [0, 0.05) is 0 Å².